The van der Waals surface area contributed by atoms with Crippen LogP contribution in [0.2, 0.25) is 0 Å². The van der Waals surface area contributed by atoms with E-state index in [9.17, 15) is 13.2 Å². The van der Waals surface area contributed by atoms with E-state index in [0.717, 1.165) is 37.1 Å². The van der Waals surface area contributed by atoms with Crippen LogP contribution in [0.25, 0.3) is 0 Å². The first-order chi connectivity index (χ1) is 8.55. The van der Waals surface area contributed by atoms with Crippen molar-refractivity contribution in [1.29, 1.82) is 0 Å². The van der Waals surface area contributed by atoms with Crippen molar-refractivity contribution in [2.45, 2.75) is 31.6 Å². The Hall–Kier alpha value is -1.07. The van der Waals surface area contributed by atoms with E-state index < -0.39 is 11.7 Å². The molecule has 2 nitrogen and oxygen atoms in total. The summed E-state index contributed by atoms with van der Waals surface area (Å²) in [6.45, 7) is 2.06. The third-order valence-electron chi connectivity index (χ3n) is 3.04. The SMILES string of the molecule is FC(F)(F)c1ccc(CNC2CCCOC2)cc1. The first-order valence-corrected chi connectivity index (χ1v) is 6.03. The Morgan fingerprint density at radius 2 is 1.94 bits per heavy atom. The Labute approximate surface area is 104 Å². The van der Waals surface area contributed by atoms with Crippen molar-refractivity contribution in [2.24, 2.45) is 0 Å². The maximum absolute atomic E-state index is 12.4. The number of rotatable bonds is 3. The second kappa shape index (κ2) is 5.71. The fourth-order valence-electron chi connectivity index (χ4n) is 1.98. The highest BCUT2D eigenvalue weighted by Gasteiger charge is 2.29. The van der Waals surface area contributed by atoms with Gasteiger partial charge in [0.1, 0.15) is 0 Å². The molecule has 0 aliphatic carbocycles. The summed E-state index contributed by atoms with van der Waals surface area (Å²) in [7, 11) is 0. The van der Waals surface area contributed by atoms with E-state index in [1.54, 1.807) is 0 Å². The van der Waals surface area contributed by atoms with Crippen molar-refractivity contribution in [2.75, 3.05) is 13.2 Å². The number of alkyl halides is 3. The van der Waals surface area contributed by atoms with Gasteiger partial charge in [-0.1, -0.05) is 12.1 Å². The highest BCUT2D eigenvalue weighted by molar-refractivity contribution is 5.24. The van der Waals surface area contributed by atoms with Crippen LogP contribution >= 0.6 is 0 Å². The van der Waals surface area contributed by atoms with Crippen molar-refractivity contribution >= 4 is 0 Å². The van der Waals surface area contributed by atoms with Gasteiger partial charge >= 0.3 is 6.18 Å². The van der Waals surface area contributed by atoms with Crippen molar-refractivity contribution in [3.8, 4) is 0 Å². The minimum atomic E-state index is -4.26. The zero-order valence-electron chi connectivity index (χ0n) is 9.96. The number of ether oxygens (including phenoxy) is 1. The maximum atomic E-state index is 12.4. The predicted octanol–water partition coefficient (Wildman–Crippen LogP) is 2.97. The molecule has 1 aliphatic rings. The number of nitrogens with one attached hydrogen (secondary N) is 1. The largest absolute Gasteiger partial charge is 0.416 e. The molecule has 0 radical (unpaired) electrons. The zero-order chi connectivity index (χ0) is 13.0. The standard InChI is InChI=1S/C13H16F3NO/c14-13(15,16)11-5-3-10(4-6-11)8-17-12-2-1-7-18-9-12/h3-6,12,17H,1-2,7-9H2. The lowest BCUT2D eigenvalue weighted by Gasteiger charge is -2.23. The minimum Gasteiger partial charge on any atom is -0.380 e. The van der Waals surface area contributed by atoms with E-state index in [0.29, 0.717) is 19.2 Å². The van der Waals surface area contributed by atoms with Crippen molar-refractivity contribution in [3.63, 3.8) is 0 Å². The monoisotopic (exact) mass is 259 g/mol. The van der Waals surface area contributed by atoms with Crippen LogP contribution in [0.5, 0.6) is 0 Å². The van der Waals surface area contributed by atoms with Crippen LogP contribution in [-0.2, 0) is 17.5 Å². The molecule has 0 amide bonds. The Balaban J connectivity index is 1.86. The topological polar surface area (TPSA) is 21.3 Å². The summed E-state index contributed by atoms with van der Waals surface area (Å²) in [5.41, 5.74) is 0.251. The van der Waals surface area contributed by atoms with Gasteiger partial charge in [0.25, 0.3) is 0 Å². The van der Waals surface area contributed by atoms with Gasteiger partial charge in [0.2, 0.25) is 0 Å². The third kappa shape index (κ3) is 3.71. The molecular formula is C13H16F3NO. The fourth-order valence-corrected chi connectivity index (χ4v) is 1.98. The smallest absolute Gasteiger partial charge is 0.380 e. The summed E-state index contributed by atoms with van der Waals surface area (Å²) in [6, 6.07) is 5.57. The summed E-state index contributed by atoms with van der Waals surface area (Å²) in [5.74, 6) is 0. The van der Waals surface area contributed by atoms with Crippen LogP contribution in [0.3, 0.4) is 0 Å². The van der Waals surface area contributed by atoms with Gasteiger partial charge < -0.3 is 10.1 Å². The Morgan fingerprint density at radius 1 is 1.22 bits per heavy atom. The summed E-state index contributed by atoms with van der Waals surface area (Å²) in [6.07, 6.45) is -2.17. The van der Waals surface area contributed by atoms with Crippen LogP contribution in [0.4, 0.5) is 13.2 Å². The molecule has 1 saturated heterocycles. The summed E-state index contributed by atoms with van der Waals surface area (Å²) >= 11 is 0. The van der Waals surface area contributed by atoms with E-state index in [4.69, 9.17) is 4.74 Å². The van der Waals surface area contributed by atoms with Crippen LogP contribution in [0.1, 0.15) is 24.0 Å². The van der Waals surface area contributed by atoms with Crippen molar-refractivity contribution < 1.29 is 17.9 Å². The van der Waals surface area contributed by atoms with Gasteiger partial charge in [-0.15, -0.1) is 0 Å². The zero-order valence-corrected chi connectivity index (χ0v) is 9.96. The molecule has 1 atom stereocenters. The molecule has 1 heterocycles. The number of halogens is 3. The van der Waals surface area contributed by atoms with E-state index in [1.807, 2.05) is 0 Å². The molecule has 100 valence electrons. The quantitative estimate of drug-likeness (QED) is 0.901. The van der Waals surface area contributed by atoms with Gasteiger partial charge in [0.15, 0.2) is 0 Å². The second-order valence-corrected chi connectivity index (χ2v) is 4.49. The molecule has 1 aromatic rings. The van der Waals surface area contributed by atoms with Gasteiger partial charge in [-0.25, -0.2) is 0 Å². The van der Waals surface area contributed by atoms with Gasteiger partial charge in [0.05, 0.1) is 12.2 Å². The van der Waals surface area contributed by atoms with E-state index in [2.05, 4.69) is 5.32 Å². The molecular weight excluding hydrogens is 243 g/mol. The van der Waals surface area contributed by atoms with Gasteiger partial charge in [-0.05, 0) is 30.5 Å². The maximum Gasteiger partial charge on any atom is 0.416 e. The van der Waals surface area contributed by atoms with Crippen LogP contribution < -0.4 is 5.32 Å². The summed E-state index contributed by atoms with van der Waals surface area (Å²) in [5, 5.41) is 3.29. The lowest BCUT2D eigenvalue weighted by molar-refractivity contribution is -0.137. The second-order valence-electron chi connectivity index (χ2n) is 4.49. The molecule has 1 N–H and O–H groups in total. The summed E-state index contributed by atoms with van der Waals surface area (Å²) in [4.78, 5) is 0. The molecule has 0 spiro atoms. The number of benzene rings is 1. The Bertz CT molecular complexity index is 369. The molecule has 0 aromatic heterocycles. The average Bonchev–Trinajstić information content (AvgIpc) is 2.37. The molecule has 1 aliphatic heterocycles. The third-order valence-corrected chi connectivity index (χ3v) is 3.04. The fraction of sp³-hybridized carbons (Fsp3) is 0.538. The predicted molar refractivity (Wildman–Crippen MR) is 62.1 cm³/mol. The van der Waals surface area contributed by atoms with Gasteiger partial charge in [0, 0.05) is 19.2 Å². The first-order valence-electron chi connectivity index (χ1n) is 6.03. The molecule has 2 rings (SSSR count). The van der Waals surface area contributed by atoms with Crippen molar-refractivity contribution in [3.05, 3.63) is 35.4 Å². The van der Waals surface area contributed by atoms with Gasteiger partial charge in [-0.2, -0.15) is 13.2 Å². The highest BCUT2D eigenvalue weighted by atomic mass is 19.4. The molecule has 1 aromatic carbocycles. The highest BCUT2D eigenvalue weighted by Crippen LogP contribution is 2.29. The lowest BCUT2D eigenvalue weighted by atomic mass is 10.1. The first kappa shape index (κ1) is 13.4. The molecule has 18 heavy (non-hydrogen) atoms. The number of hydrogen-bond acceptors (Lipinski definition) is 2. The van der Waals surface area contributed by atoms with E-state index in [1.165, 1.54) is 12.1 Å². The normalized spacial score (nSPS) is 20.9. The molecule has 1 unspecified atom stereocenters. The minimum absolute atomic E-state index is 0.307. The van der Waals surface area contributed by atoms with Crippen LogP contribution in [-0.4, -0.2) is 19.3 Å². The molecule has 0 saturated carbocycles. The molecule has 5 heteroatoms. The van der Waals surface area contributed by atoms with Crippen molar-refractivity contribution in [1.82, 2.24) is 5.32 Å². The number of hydrogen-bond donors (Lipinski definition) is 1. The van der Waals surface area contributed by atoms with Crippen LogP contribution in [0.15, 0.2) is 24.3 Å². The van der Waals surface area contributed by atoms with Gasteiger partial charge in [-0.3, -0.25) is 0 Å². The lowest BCUT2D eigenvalue weighted by Crippen LogP contribution is -2.36. The molecule has 0 bridgehead atoms. The van der Waals surface area contributed by atoms with E-state index >= 15 is 0 Å². The Kier molecular flexibility index (Phi) is 4.24. The Morgan fingerprint density at radius 3 is 2.50 bits per heavy atom. The average molecular weight is 259 g/mol. The summed E-state index contributed by atoms with van der Waals surface area (Å²) < 4.78 is 42.4. The van der Waals surface area contributed by atoms with Crippen LogP contribution in [0, 0.1) is 0 Å². The molecule has 1 fully saturated rings. The van der Waals surface area contributed by atoms with E-state index in [-0.39, 0.29) is 0 Å².